The van der Waals surface area contributed by atoms with Crippen molar-refractivity contribution in [1.29, 1.82) is 0 Å². The Balaban J connectivity index is 0.00000128. The molecule has 0 saturated heterocycles. The SMILES string of the molecule is COc1ncnc2c1cc(C)n2CCN.Cl. The van der Waals surface area contributed by atoms with E-state index in [0.717, 1.165) is 23.3 Å². The van der Waals surface area contributed by atoms with E-state index in [9.17, 15) is 0 Å². The first kappa shape index (κ1) is 12.7. The number of hydrogen-bond donors (Lipinski definition) is 1. The summed E-state index contributed by atoms with van der Waals surface area (Å²) in [7, 11) is 1.61. The third-order valence-corrected chi connectivity index (χ3v) is 2.41. The molecule has 0 unspecified atom stereocenters. The molecule has 2 N–H and O–H groups in total. The van der Waals surface area contributed by atoms with Crippen LogP contribution in [0.1, 0.15) is 5.69 Å². The minimum absolute atomic E-state index is 0. The van der Waals surface area contributed by atoms with Gasteiger partial charge >= 0.3 is 0 Å². The summed E-state index contributed by atoms with van der Waals surface area (Å²) < 4.78 is 7.25. The molecule has 0 aliphatic rings. The summed E-state index contributed by atoms with van der Waals surface area (Å²) in [5, 5.41) is 0.936. The molecule has 0 saturated carbocycles. The number of halogens is 1. The zero-order chi connectivity index (χ0) is 10.8. The monoisotopic (exact) mass is 242 g/mol. The molecular formula is C10H15ClN4O. The fourth-order valence-electron chi connectivity index (χ4n) is 1.74. The molecule has 88 valence electrons. The van der Waals surface area contributed by atoms with Crippen LogP contribution in [-0.4, -0.2) is 28.2 Å². The minimum atomic E-state index is 0. The second kappa shape index (κ2) is 5.14. The Labute approximate surface area is 100 Å². The lowest BCUT2D eigenvalue weighted by Crippen LogP contribution is -2.11. The molecule has 0 radical (unpaired) electrons. The lowest BCUT2D eigenvalue weighted by molar-refractivity contribution is 0.402. The largest absolute Gasteiger partial charge is 0.480 e. The summed E-state index contributed by atoms with van der Waals surface area (Å²) in [4.78, 5) is 8.31. The summed E-state index contributed by atoms with van der Waals surface area (Å²) in [6, 6.07) is 2.02. The third kappa shape index (κ3) is 1.96. The number of hydrogen-bond acceptors (Lipinski definition) is 4. The van der Waals surface area contributed by atoms with Crippen molar-refractivity contribution in [3.05, 3.63) is 18.1 Å². The van der Waals surface area contributed by atoms with Crippen LogP contribution in [0.3, 0.4) is 0 Å². The van der Waals surface area contributed by atoms with Gasteiger partial charge in [-0.1, -0.05) is 0 Å². The van der Waals surface area contributed by atoms with Gasteiger partial charge in [-0.25, -0.2) is 9.97 Å². The minimum Gasteiger partial charge on any atom is -0.480 e. The van der Waals surface area contributed by atoms with Crippen LogP contribution in [-0.2, 0) is 6.54 Å². The van der Waals surface area contributed by atoms with Crippen molar-refractivity contribution in [2.24, 2.45) is 5.73 Å². The maximum absolute atomic E-state index is 5.55. The van der Waals surface area contributed by atoms with Crippen molar-refractivity contribution in [2.75, 3.05) is 13.7 Å². The van der Waals surface area contributed by atoms with E-state index in [1.54, 1.807) is 7.11 Å². The Bertz CT molecular complexity index is 483. The van der Waals surface area contributed by atoms with Gasteiger partial charge in [0.15, 0.2) is 0 Å². The van der Waals surface area contributed by atoms with Crippen molar-refractivity contribution < 1.29 is 4.74 Å². The van der Waals surface area contributed by atoms with Crippen LogP contribution in [0.15, 0.2) is 12.4 Å². The highest BCUT2D eigenvalue weighted by Gasteiger charge is 2.10. The molecule has 0 spiro atoms. The number of aryl methyl sites for hydroxylation is 1. The fourth-order valence-corrected chi connectivity index (χ4v) is 1.74. The summed E-state index contributed by atoms with van der Waals surface area (Å²) in [6.45, 7) is 3.38. The molecule has 0 bridgehead atoms. The highest BCUT2D eigenvalue weighted by molar-refractivity contribution is 5.85. The molecule has 0 aliphatic carbocycles. The number of nitrogens with two attached hydrogens (primary N) is 1. The van der Waals surface area contributed by atoms with Crippen LogP contribution in [0, 0.1) is 6.92 Å². The lowest BCUT2D eigenvalue weighted by Gasteiger charge is -2.05. The Morgan fingerprint density at radius 1 is 1.44 bits per heavy atom. The molecule has 0 aromatic carbocycles. The van der Waals surface area contributed by atoms with Crippen molar-refractivity contribution >= 4 is 23.4 Å². The van der Waals surface area contributed by atoms with Gasteiger partial charge in [0, 0.05) is 18.8 Å². The Hall–Kier alpha value is -1.33. The van der Waals surface area contributed by atoms with E-state index in [0.29, 0.717) is 12.4 Å². The van der Waals surface area contributed by atoms with Crippen LogP contribution >= 0.6 is 12.4 Å². The average molecular weight is 243 g/mol. The highest BCUT2D eigenvalue weighted by Crippen LogP contribution is 2.24. The zero-order valence-electron chi connectivity index (χ0n) is 9.30. The summed E-state index contributed by atoms with van der Waals surface area (Å²) in [6.07, 6.45) is 1.51. The Kier molecular flexibility index (Phi) is 4.09. The van der Waals surface area contributed by atoms with Crippen LogP contribution in [0.2, 0.25) is 0 Å². The topological polar surface area (TPSA) is 66.0 Å². The predicted octanol–water partition coefficient (Wildman–Crippen LogP) is 1.13. The molecule has 5 nitrogen and oxygen atoms in total. The van der Waals surface area contributed by atoms with E-state index < -0.39 is 0 Å². The van der Waals surface area contributed by atoms with Gasteiger partial charge in [-0.2, -0.15) is 0 Å². The van der Waals surface area contributed by atoms with Crippen LogP contribution in [0.25, 0.3) is 11.0 Å². The fraction of sp³-hybridized carbons (Fsp3) is 0.400. The van der Waals surface area contributed by atoms with E-state index in [4.69, 9.17) is 10.5 Å². The maximum Gasteiger partial charge on any atom is 0.225 e. The van der Waals surface area contributed by atoms with Crippen molar-refractivity contribution in [2.45, 2.75) is 13.5 Å². The lowest BCUT2D eigenvalue weighted by atomic mass is 10.4. The van der Waals surface area contributed by atoms with Gasteiger partial charge in [-0.3, -0.25) is 0 Å². The summed E-state index contributed by atoms with van der Waals surface area (Å²) in [5.74, 6) is 0.610. The molecule has 6 heteroatoms. The second-order valence-corrected chi connectivity index (χ2v) is 3.35. The molecule has 0 aliphatic heterocycles. The molecule has 2 heterocycles. The number of rotatable bonds is 3. The second-order valence-electron chi connectivity index (χ2n) is 3.35. The van der Waals surface area contributed by atoms with Gasteiger partial charge in [0.05, 0.1) is 12.5 Å². The molecular weight excluding hydrogens is 228 g/mol. The van der Waals surface area contributed by atoms with Crippen LogP contribution < -0.4 is 10.5 Å². The molecule has 2 aromatic rings. The molecule has 16 heavy (non-hydrogen) atoms. The van der Waals surface area contributed by atoms with E-state index in [1.807, 2.05) is 13.0 Å². The van der Waals surface area contributed by atoms with Gasteiger partial charge in [-0.15, -0.1) is 12.4 Å². The van der Waals surface area contributed by atoms with E-state index >= 15 is 0 Å². The number of ether oxygens (including phenoxy) is 1. The van der Waals surface area contributed by atoms with Gasteiger partial charge in [0.1, 0.15) is 12.0 Å². The molecule has 0 atom stereocenters. The first-order valence-electron chi connectivity index (χ1n) is 4.83. The number of fused-ring (bicyclic) bond motifs is 1. The van der Waals surface area contributed by atoms with Crippen LogP contribution in [0.4, 0.5) is 0 Å². The Morgan fingerprint density at radius 2 is 2.19 bits per heavy atom. The van der Waals surface area contributed by atoms with Gasteiger partial charge in [0.25, 0.3) is 0 Å². The van der Waals surface area contributed by atoms with Crippen molar-refractivity contribution in [3.63, 3.8) is 0 Å². The number of methoxy groups -OCH3 is 1. The van der Waals surface area contributed by atoms with Crippen molar-refractivity contribution in [3.8, 4) is 5.88 Å². The molecule has 0 fully saturated rings. The maximum atomic E-state index is 5.55. The van der Waals surface area contributed by atoms with E-state index in [2.05, 4.69) is 14.5 Å². The average Bonchev–Trinajstić information content (AvgIpc) is 2.56. The third-order valence-electron chi connectivity index (χ3n) is 2.41. The first-order chi connectivity index (χ1) is 7.27. The van der Waals surface area contributed by atoms with Gasteiger partial charge < -0.3 is 15.0 Å². The summed E-state index contributed by atoms with van der Waals surface area (Å²) >= 11 is 0. The smallest absolute Gasteiger partial charge is 0.225 e. The standard InChI is InChI=1S/C10H14N4O.ClH/c1-7-5-8-9(14(7)4-3-11)12-6-13-10(8)15-2;/h5-6H,3-4,11H2,1-2H3;1H. The van der Waals surface area contributed by atoms with Crippen molar-refractivity contribution in [1.82, 2.24) is 14.5 Å². The normalized spacial score (nSPS) is 10.2. The number of aromatic nitrogens is 3. The molecule has 2 rings (SSSR count). The van der Waals surface area contributed by atoms with Gasteiger partial charge in [0.2, 0.25) is 5.88 Å². The van der Waals surface area contributed by atoms with Crippen LogP contribution in [0.5, 0.6) is 5.88 Å². The van der Waals surface area contributed by atoms with E-state index in [-0.39, 0.29) is 12.4 Å². The molecule has 0 amide bonds. The van der Waals surface area contributed by atoms with E-state index in [1.165, 1.54) is 6.33 Å². The highest BCUT2D eigenvalue weighted by atomic mass is 35.5. The Morgan fingerprint density at radius 3 is 2.81 bits per heavy atom. The zero-order valence-corrected chi connectivity index (χ0v) is 10.1. The number of nitrogens with zero attached hydrogens (tertiary/aromatic N) is 3. The summed E-state index contributed by atoms with van der Waals surface area (Å²) in [5.41, 5.74) is 7.55. The predicted molar refractivity (Wildman–Crippen MR) is 65.1 cm³/mol. The quantitative estimate of drug-likeness (QED) is 0.876. The van der Waals surface area contributed by atoms with Gasteiger partial charge in [-0.05, 0) is 13.0 Å². The molecule has 2 aromatic heterocycles. The first-order valence-corrected chi connectivity index (χ1v) is 4.83.